The zero-order valence-electron chi connectivity index (χ0n) is 16.4. The standard InChI is InChI=1S/C18H26N2O7S/c1-5-6-9-28(24,25)20-13(3)17(22)27-11-16(21)19-15-10-14(18(23)26-4)8-7-12(15)2/h7-8,10,13,20H,5-6,9,11H2,1-4H3,(H,19,21)/t13-/m0/s1. The molecule has 1 aromatic rings. The van der Waals surface area contributed by atoms with Crippen LogP contribution in [0.1, 0.15) is 42.6 Å². The van der Waals surface area contributed by atoms with Crippen molar-refractivity contribution in [2.75, 3.05) is 24.8 Å². The van der Waals surface area contributed by atoms with E-state index in [4.69, 9.17) is 4.74 Å². The Kier molecular flexibility index (Phi) is 9.07. The number of rotatable bonds is 10. The largest absolute Gasteiger partial charge is 0.465 e. The summed E-state index contributed by atoms with van der Waals surface area (Å²) in [6.45, 7) is 4.33. The van der Waals surface area contributed by atoms with Gasteiger partial charge in [-0.2, -0.15) is 0 Å². The normalized spacial score (nSPS) is 12.1. The Morgan fingerprint density at radius 3 is 2.50 bits per heavy atom. The van der Waals surface area contributed by atoms with E-state index in [2.05, 4.69) is 14.8 Å². The molecule has 1 aromatic carbocycles. The lowest BCUT2D eigenvalue weighted by Crippen LogP contribution is -2.41. The summed E-state index contributed by atoms with van der Waals surface area (Å²) in [7, 11) is -2.34. The maximum absolute atomic E-state index is 12.0. The number of unbranched alkanes of at least 4 members (excludes halogenated alkanes) is 1. The second-order valence-electron chi connectivity index (χ2n) is 6.19. The molecule has 2 N–H and O–H groups in total. The second kappa shape index (κ2) is 10.8. The zero-order valence-corrected chi connectivity index (χ0v) is 17.2. The maximum atomic E-state index is 12.0. The number of carbonyl (C=O) groups excluding carboxylic acids is 3. The number of hydrogen-bond donors (Lipinski definition) is 2. The fraction of sp³-hybridized carbons (Fsp3) is 0.500. The lowest BCUT2D eigenvalue weighted by atomic mass is 10.1. The molecule has 0 saturated heterocycles. The number of benzene rings is 1. The van der Waals surface area contributed by atoms with Gasteiger partial charge in [-0.25, -0.2) is 17.9 Å². The van der Waals surface area contributed by atoms with Gasteiger partial charge in [0.2, 0.25) is 10.0 Å². The van der Waals surface area contributed by atoms with Crippen LogP contribution in [0.15, 0.2) is 18.2 Å². The average molecular weight is 414 g/mol. The van der Waals surface area contributed by atoms with Gasteiger partial charge in [0.25, 0.3) is 5.91 Å². The number of sulfonamides is 1. The van der Waals surface area contributed by atoms with Crippen molar-refractivity contribution in [3.05, 3.63) is 29.3 Å². The Hall–Kier alpha value is -2.46. The van der Waals surface area contributed by atoms with E-state index in [1.165, 1.54) is 20.1 Å². The van der Waals surface area contributed by atoms with E-state index >= 15 is 0 Å². The highest BCUT2D eigenvalue weighted by atomic mass is 32.2. The van der Waals surface area contributed by atoms with Crippen molar-refractivity contribution in [3.8, 4) is 0 Å². The van der Waals surface area contributed by atoms with Crippen LogP contribution in [-0.2, 0) is 29.1 Å². The number of carbonyl (C=O) groups is 3. The van der Waals surface area contributed by atoms with Gasteiger partial charge >= 0.3 is 11.9 Å². The Labute approximate surface area is 164 Å². The van der Waals surface area contributed by atoms with E-state index < -0.39 is 40.5 Å². The SMILES string of the molecule is CCCCS(=O)(=O)N[C@@H](C)C(=O)OCC(=O)Nc1cc(C(=O)OC)ccc1C. The summed E-state index contributed by atoms with van der Waals surface area (Å²) >= 11 is 0. The summed E-state index contributed by atoms with van der Waals surface area (Å²) in [5.74, 6) is -2.13. The van der Waals surface area contributed by atoms with Crippen LogP contribution in [0.2, 0.25) is 0 Å². The Balaban J connectivity index is 2.60. The van der Waals surface area contributed by atoms with Crippen LogP contribution in [0, 0.1) is 6.92 Å². The molecule has 10 heteroatoms. The van der Waals surface area contributed by atoms with E-state index in [1.807, 2.05) is 6.92 Å². The number of methoxy groups -OCH3 is 1. The third kappa shape index (κ3) is 7.65. The molecule has 0 bridgehead atoms. The molecule has 1 atom stereocenters. The third-order valence-corrected chi connectivity index (χ3v) is 5.29. The van der Waals surface area contributed by atoms with E-state index in [1.54, 1.807) is 19.1 Å². The van der Waals surface area contributed by atoms with Crippen molar-refractivity contribution in [3.63, 3.8) is 0 Å². The number of amides is 1. The fourth-order valence-electron chi connectivity index (χ4n) is 2.16. The first-order chi connectivity index (χ1) is 13.1. The molecule has 0 unspecified atom stereocenters. The molecular weight excluding hydrogens is 388 g/mol. The van der Waals surface area contributed by atoms with Gasteiger partial charge in [-0.15, -0.1) is 0 Å². The van der Waals surface area contributed by atoms with Gasteiger partial charge in [0, 0.05) is 5.69 Å². The number of anilines is 1. The van der Waals surface area contributed by atoms with Gasteiger partial charge in [-0.1, -0.05) is 19.4 Å². The van der Waals surface area contributed by atoms with Crippen LogP contribution in [0.5, 0.6) is 0 Å². The highest BCUT2D eigenvalue weighted by Crippen LogP contribution is 2.17. The molecule has 0 saturated carbocycles. The zero-order chi connectivity index (χ0) is 21.3. The first kappa shape index (κ1) is 23.6. The summed E-state index contributed by atoms with van der Waals surface area (Å²) < 4.78 is 35.3. The molecule has 1 amide bonds. The summed E-state index contributed by atoms with van der Waals surface area (Å²) in [4.78, 5) is 35.5. The number of hydrogen-bond acceptors (Lipinski definition) is 7. The number of ether oxygens (including phenoxy) is 2. The van der Waals surface area contributed by atoms with Crippen molar-refractivity contribution in [2.24, 2.45) is 0 Å². The van der Waals surface area contributed by atoms with Gasteiger partial charge in [0.05, 0.1) is 18.4 Å². The quantitative estimate of drug-likeness (QED) is 0.553. The molecular formula is C18H26N2O7S. The molecule has 156 valence electrons. The Morgan fingerprint density at radius 2 is 1.89 bits per heavy atom. The molecule has 0 aliphatic carbocycles. The number of aryl methyl sites for hydroxylation is 1. The van der Waals surface area contributed by atoms with Gasteiger partial charge in [-0.05, 0) is 38.0 Å². The molecule has 9 nitrogen and oxygen atoms in total. The molecule has 0 aliphatic heterocycles. The molecule has 0 aromatic heterocycles. The molecule has 0 radical (unpaired) electrons. The second-order valence-corrected chi connectivity index (χ2v) is 8.06. The van der Waals surface area contributed by atoms with Crippen molar-refractivity contribution >= 4 is 33.6 Å². The van der Waals surface area contributed by atoms with Crippen molar-refractivity contribution in [1.82, 2.24) is 4.72 Å². The lowest BCUT2D eigenvalue weighted by Gasteiger charge is -2.14. The first-order valence-corrected chi connectivity index (χ1v) is 10.4. The molecule has 0 heterocycles. The number of nitrogens with one attached hydrogen (secondary N) is 2. The van der Waals surface area contributed by atoms with Crippen LogP contribution >= 0.6 is 0 Å². The minimum Gasteiger partial charge on any atom is -0.465 e. The predicted molar refractivity (Wildman–Crippen MR) is 103 cm³/mol. The number of esters is 2. The molecule has 0 spiro atoms. The van der Waals surface area contributed by atoms with Crippen molar-refractivity contribution < 1.29 is 32.3 Å². The van der Waals surface area contributed by atoms with Crippen LogP contribution in [0.3, 0.4) is 0 Å². The summed E-state index contributed by atoms with van der Waals surface area (Å²) in [6, 6.07) is 3.54. The van der Waals surface area contributed by atoms with Gasteiger partial charge in [0.15, 0.2) is 6.61 Å². The molecule has 28 heavy (non-hydrogen) atoms. The van der Waals surface area contributed by atoms with Crippen LogP contribution in [-0.4, -0.2) is 51.8 Å². The average Bonchev–Trinajstić information content (AvgIpc) is 2.65. The monoisotopic (exact) mass is 414 g/mol. The van der Waals surface area contributed by atoms with Crippen LogP contribution in [0.4, 0.5) is 5.69 Å². The highest BCUT2D eigenvalue weighted by Gasteiger charge is 2.22. The summed E-state index contributed by atoms with van der Waals surface area (Å²) in [5, 5.41) is 2.54. The smallest absolute Gasteiger partial charge is 0.337 e. The van der Waals surface area contributed by atoms with Crippen LogP contribution in [0.25, 0.3) is 0 Å². The summed E-state index contributed by atoms with van der Waals surface area (Å²) in [5.41, 5.74) is 1.33. The molecule has 1 rings (SSSR count). The van der Waals surface area contributed by atoms with Gasteiger partial charge in [0.1, 0.15) is 6.04 Å². The first-order valence-electron chi connectivity index (χ1n) is 8.75. The fourth-order valence-corrected chi connectivity index (χ4v) is 3.58. The van der Waals surface area contributed by atoms with E-state index in [9.17, 15) is 22.8 Å². The minimum atomic E-state index is -3.59. The van der Waals surface area contributed by atoms with E-state index in [-0.39, 0.29) is 11.3 Å². The van der Waals surface area contributed by atoms with E-state index in [0.29, 0.717) is 24.1 Å². The van der Waals surface area contributed by atoms with Crippen LogP contribution < -0.4 is 10.0 Å². The van der Waals surface area contributed by atoms with Crippen molar-refractivity contribution in [2.45, 2.75) is 39.7 Å². The minimum absolute atomic E-state index is 0.0859. The highest BCUT2D eigenvalue weighted by molar-refractivity contribution is 7.89. The van der Waals surface area contributed by atoms with Crippen molar-refractivity contribution in [1.29, 1.82) is 0 Å². The third-order valence-electron chi connectivity index (χ3n) is 3.75. The van der Waals surface area contributed by atoms with Gasteiger partial charge in [-0.3, -0.25) is 9.59 Å². The molecule has 0 aliphatic rings. The molecule has 0 fully saturated rings. The Bertz CT molecular complexity index is 821. The Morgan fingerprint density at radius 1 is 1.21 bits per heavy atom. The summed E-state index contributed by atoms with van der Waals surface area (Å²) in [6.07, 6.45) is 1.18. The maximum Gasteiger partial charge on any atom is 0.337 e. The van der Waals surface area contributed by atoms with Gasteiger partial charge < -0.3 is 14.8 Å². The predicted octanol–water partition coefficient (Wildman–Crippen LogP) is 1.37. The van der Waals surface area contributed by atoms with E-state index in [0.717, 1.165) is 0 Å². The lowest BCUT2D eigenvalue weighted by molar-refractivity contribution is -0.148. The topological polar surface area (TPSA) is 128 Å².